The number of benzene rings is 2. The van der Waals surface area contributed by atoms with Gasteiger partial charge in [-0.25, -0.2) is 0 Å². The largest absolute Gasteiger partial charge is 0.0622 e. The lowest BCUT2D eigenvalue weighted by atomic mass is 9.76. The fourth-order valence-electron chi connectivity index (χ4n) is 4.34. The third-order valence-corrected chi connectivity index (χ3v) is 6.18. The van der Waals surface area contributed by atoms with E-state index in [1.807, 2.05) is 0 Å². The number of fused-ring (bicyclic) bond motifs is 3. The SMILES string of the molecule is Cc1c(C)c(C)c2c3c(c(C)c(C)c2c1C)CC(C)CC3. The molecule has 0 nitrogen and oxygen atoms in total. The summed E-state index contributed by atoms with van der Waals surface area (Å²) < 4.78 is 0. The Bertz CT molecular complexity index is 747. The molecule has 3 rings (SSSR count). The second-order valence-corrected chi connectivity index (χ2v) is 7.31. The van der Waals surface area contributed by atoms with Crippen molar-refractivity contribution in [1.82, 2.24) is 0 Å². The van der Waals surface area contributed by atoms with Gasteiger partial charge in [-0.3, -0.25) is 0 Å². The van der Waals surface area contributed by atoms with Crippen LogP contribution in [0.2, 0.25) is 0 Å². The van der Waals surface area contributed by atoms with Crippen LogP contribution in [0.3, 0.4) is 0 Å². The van der Waals surface area contributed by atoms with Crippen LogP contribution in [-0.4, -0.2) is 0 Å². The highest BCUT2D eigenvalue weighted by molar-refractivity contribution is 5.97. The zero-order valence-electron chi connectivity index (χ0n) is 14.7. The molecule has 0 aliphatic heterocycles. The average Bonchev–Trinajstić information content (AvgIpc) is 2.46. The highest BCUT2D eigenvalue weighted by Crippen LogP contribution is 2.41. The van der Waals surface area contributed by atoms with E-state index in [1.165, 1.54) is 47.1 Å². The molecular weight excluding hydrogens is 252 g/mol. The van der Waals surface area contributed by atoms with E-state index in [4.69, 9.17) is 0 Å². The van der Waals surface area contributed by atoms with Gasteiger partial charge in [0.05, 0.1) is 0 Å². The Morgan fingerprint density at radius 3 is 1.76 bits per heavy atom. The van der Waals surface area contributed by atoms with Crippen molar-refractivity contribution < 1.29 is 0 Å². The van der Waals surface area contributed by atoms with Gasteiger partial charge >= 0.3 is 0 Å². The average molecular weight is 280 g/mol. The second kappa shape index (κ2) is 4.87. The molecular formula is C21H28. The number of hydrogen-bond acceptors (Lipinski definition) is 0. The zero-order chi connectivity index (χ0) is 15.5. The first-order valence-electron chi connectivity index (χ1n) is 8.35. The lowest BCUT2D eigenvalue weighted by molar-refractivity contribution is 0.501. The van der Waals surface area contributed by atoms with Gasteiger partial charge in [-0.1, -0.05) is 6.92 Å². The Kier molecular flexibility index (Phi) is 3.39. The number of rotatable bonds is 0. The van der Waals surface area contributed by atoms with E-state index in [1.54, 1.807) is 27.5 Å². The molecule has 0 fully saturated rings. The smallest absolute Gasteiger partial charge is 0.0111 e. The quantitative estimate of drug-likeness (QED) is 0.571. The maximum Gasteiger partial charge on any atom is -0.0111 e. The van der Waals surface area contributed by atoms with E-state index in [0.29, 0.717) is 0 Å². The minimum absolute atomic E-state index is 0.834. The summed E-state index contributed by atoms with van der Waals surface area (Å²) >= 11 is 0. The van der Waals surface area contributed by atoms with E-state index in [0.717, 1.165) is 5.92 Å². The van der Waals surface area contributed by atoms with Crippen molar-refractivity contribution in [2.75, 3.05) is 0 Å². The Hall–Kier alpha value is -1.30. The molecule has 0 heterocycles. The maximum absolute atomic E-state index is 2.40. The van der Waals surface area contributed by atoms with Crippen molar-refractivity contribution in [3.63, 3.8) is 0 Å². The summed E-state index contributed by atoms with van der Waals surface area (Å²) in [7, 11) is 0. The monoisotopic (exact) mass is 280 g/mol. The minimum atomic E-state index is 0.834. The molecule has 1 aliphatic carbocycles. The summed E-state index contributed by atoms with van der Waals surface area (Å²) in [4.78, 5) is 0. The molecule has 21 heavy (non-hydrogen) atoms. The highest BCUT2D eigenvalue weighted by atomic mass is 14.3. The minimum Gasteiger partial charge on any atom is -0.0622 e. The van der Waals surface area contributed by atoms with E-state index in [2.05, 4.69) is 48.5 Å². The van der Waals surface area contributed by atoms with E-state index in [-0.39, 0.29) is 0 Å². The summed E-state index contributed by atoms with van der Waals surface area (Å²) in [6.45, 7) is 16.3. The predicted molar refractivity (Wildman–Crippen MR) is 93.6 cm³/mol. The molecule has 1 aliphatic rings. The third kappa shape index (κ3) is 1.95. The van der Waals surface area contributed by atoms with E-state index >= 15 is 0 Å². The first-order chi connectivity index (χ1) is 9.84. The van der Waals surface area contributed by atoms with E-state index in [9.17, 15) is 0 Å². The van der Waals surface area contributed by atoms with Crippen LogP contribution in [0.1, 0.15) is 57.9 Å². The normalized spacial score (nSPS) is 18.1. The molecule has 0 aromatic heterocycles. The lowest BCUT2D eigenvalue weighted by Crippen LogP contribution is -2.15. The van der Waals surface area contributed by atoms with Crippen LogP contribution in [0.25, 0.3) is 10.8 Å². The molecule has 0 saturated heterocycles. The van der Waals surface area contributed by atoms with Gasteiger partial charge in [0.25, 0.3) is 0 Å². The molecule has 1 atom stereocenters. The Morgan fingerprint density at radius 1 is 0.619 bits per heavy atom. The van der Waals surface area contributed by atoms with Crippen LogP contribution in [0.5, 0.6) is 0 Å². The zero-order valence-corrected chi connectivity index (χ0v) is 14.7. The summed E-state index contributed by atoms with van der Waals surface area (Å²) in [5.74, 6) is 0.834. The maximum atomic E-state index is 2.40. The first kappa shape index (κ1) is 14.6. The number of aryl methyl sites for hydroxylation is 4. The van der Waals surface area contributed by atoms with Crippen LogP contribution in [0.4, 0.5) is 0 Å². The molecule has 0 spiro atoms. The summed E-state index contributed by atoms with van der Waals surface area (Å²) in [5.41, 5.74) is 12.4. The standard InChI is InChI=1S/C21H28/c1-11-8-9-18-19(10-11)14(4)17(7)20-15(5)12(2)13(3)16(6)21(18)20/h11H,8-10H2,1-7H3. The van der Waals surface area contributed by atoms with Gasteiger partial charge in [0.1, 0.15) is 0 Å². The van der Waals surface area contributed by atoms with Crippen LogP contribution < -0.4 is 0 Å². The van der Waals surface area contributed by atoms with Crippen LogP contribution >= 0.6 is 0 Å². The molecule has 0 amide bonds. The lowest BCUT2D eigenvalue weighted by Gasteiger charge is -2.29. The van der Waals surface area contributed by atoms with Crippen molar-refractivity contribution in [2.24, 2.45) is 5.92 Å². The van der Waals surface area contributed by atoms with Gasteiger partial charge < -0.3 is 0 Å². The Morgan fingerprint density at radius 2 is 1.14 bits per heavy atom. The summed E-state index contributed by atoms with van der Waals surface area (Å²) in [6, 6.07) is 0. The molecule has 2 aromatic rings. The van der Waals surface area contributed by atoms with Crippen LogP contribution in [0.15, 0.2) is 0 Å². The molecule has 2 aromatic carbocycles. The Labute approximate surface area is 129 Å². The summed E-state index contributed by atoms with van der Waals surface area (Å²) in [5, 5.41) is 3.13. The topological polar surface area (TPSA) is 0 Å². The fraction of sp³-hybridized carbons (Fsp3) is 0.524. The van der Waals surface area contributed by atoms with Crippen molar-refractivity contribution >= 4 is 10.8 Å². The molecule has 0 heteroatoms. The predicted octanol–water partition coefficient (Wildman–Crippen LogP) is 5.82. The van der Waals surface area contributed by atoms with Gasteiger partial charge in [-0.2, -0.15) is 0 Å². The fourth-order valence-corrected chi connectivity index (χ4v) is 4.34. The second-order valence-electron chi connectivity index (χ2n) is 7.31. The van der Waals surface area contributed by atoms with Gasteiger partial charge in [-0.15, -0.1) is 0 Å². The molecule has 0 saturated carbocycles. The van der Waals surface area contributed by atoms with Crippen molar-refractivity contribution in [1.29, 1.82) is 0 Å². The van der Waals surface area contributed by atoms with Gasteiger partial charge in [0.2, 0.25) is 0 Å². The van der Waals surface area contributed by atoms with Crippen LogP contribution in [0, 0.1) is 47.5 Å². The molecule has 0 N–H and O–H groups in total. The van der Waals surface area contributed by atoms with Crippen molar-refractivity contribution in [3.05, 3.63) is 44.5 Å². The molecule has 0 radical (unpaired) electrons. The molecule has 1 unspecified atom stereocenters. The van der Waals surface area contributed by atoms with Gasteiger partial charge in [0.15, 0.2) is 0 Å². The third-order valence-electron chi connectivity index (χ3n) is 6.18. The van der Waals surface area contributed by atoms with Crippen molar-refractivity contribution in [2.45, 2.75) is 67.7 Å². The van der Waals surface area contributed by atoms with E-state index < -0.39 is 0 Å². The van der Waals surface area contributed by atoms with Gasteiger partial charge in [0, 0.05) is 0 Å². The number of hydrogen-bond donors (Lipinski definition) is 0. The molecule has 112 valence electrons. The summed E-state index contributed by atoms with van der Waals surface area (Å²) in [6.07, 6.45) is 3.87. The Balaban J connectivity index is 2.54. The van der Waals surface area contributed by atoms with Gasteiger partial charge in [-0.05, 0) is 122 Å². The molecule has 0 bridgehead atoms. The van der Waals surface area contributed by atoms with Crippen LogP contribution in [-0.2, 0) is 12.8 Å². The van der Waals surface area contributed by atoms with Crippen molar-refractivity contribution in [3.8, 4) is 0 Å². The highest BCUT2D eigenvalue weighted by Gasteiger charge is 2.24. The first-order valence-corrected chi connectivity index (χ1v) is 8.35.